The zero-order valence-corrected chi connectivity index (χ0v) is 19.1. The predicted molar refractivity (Wildman–Crippen MR) is 117 cm³/mol. The summed E-state index contributed by atoms with van der Waals surface area (Å²) in [5, 5.41) is 12.9. The van der Waals surface area contributed by atoms with Gasteiger partial charge in [-0.25, -0.2) is 14.3 Å². The molecule has 2 aromatic heterocycles. The van der Waals surface area contributed by atoms with Crippen LogP contribution < -0.4 is 9.64 Å². The summed E-state index contributed by atoms with van der Waals surface area (Å²) in [5.74, 6) is -2.88. The van der Waals surface area contributed by atoms with Crippen LogP contribution in [0, 0.1) is 0 Å². The lowest BCUT2D eigenvalue weighted by Crippen LogP contribution is -2.70. The van der Waals surface area contributed by atoms with Crippen LogP contribution >= 0.6 is 0 Å². The minimum Gasteiger partial charge on any atom is -0.474 e. The highest BCUT2D eigenvalue weighted by Crippen LogP contribution is 2.39. The first-order valence-corrected chi connectivity index (χ1v) is 10.9. The number of carbonyl (C=O) groups excluding carboxylic acids is 1. The number of piperidine rings is 1. The van der Waals surface area contributed by atoms with Gasteiger partial charge in [-0.3, -0.25) is 4.90 Å². The number of ether oxygens (including phenoxy) is 2. The number of piperazine rings is 1. The summed E-state index contributed by atoms with van der Waals surface area (Å²) in [7, 11) is 0. The Balaban J connectivity index is 1.46. The van der Waals surface area contributed by atoms with E-state index in [9.17, 15) is 18.4 Å². The van der Waals surface area contributed by atoms with E-state index in [1.165, 1.54) is 23.0 Å². The number of alkyl halides is 2. The van der Waals surface area contributed by atoms with Gasteiger partial charge in [0, 0.05) is 25.5 Å². The molecule has 2 atom stereocenters. The Hall–Kier alpha value is -3.90. The molecule has 186 valence electrons. The van der Waals surface area contributed by atoms with Crippen molar-refractivity contribution >= 4 is 29.2 Å². The van der Waals surface area contributed by atoms with Gasteiger partial charge in [0.05, 0.1) is 12.1 Å². The van der Waals surface area contributed by atoms with Crippen LogP contribution in [0.4, 0.5) is 19.6 Å². The molecule has 0 spiro atoms. The minimum atomic E-state index is -4.46. The summed E-state index contributed by atoms with van der Waals surface area (Å²) in [6.45, 7) is 6.21. The van der Waals surface area contributed by atoms with Crippen LogP contribution in [-0.2, 0) is 9.53 Å². The van der Waals surface area contributed by atoms with Gasteiger partial charge in [0.15, 0.2) is 16.8 Å². The largest absolute Gasteiger partial charge is 0.501 e. The molecule has 6 rings (SSSR count). The lowest BCUT2D eigenvalue weighted by atomic mass is 9.88. The number of nitrogens with zero attached hydrogens (tertiary/aromatic N) is 5. The number of benzene rings is 1. The average molecular weight is 491 g/mol. The maximum Gasteiger partial charge on any atom is 0.501 e. The maximum absolute atomic E-state index is 13.8. The predicted octanol–water partition coefficient (Wildman–Crippen LogP) is 3.27. The molecule has 3 saturated heterocycles. The fourth-order valence-electron chi connectivity index (χ4n) is 4.33. The van der Waals surface area contributed by atoms with E-state index in [2.05, 4.69) is 14.8 Å². The van der Waals surface area contributed by atoms with E-state index >= 15 is 0 Å². The van der Waals surface area contributed by atoms with Gasteiger partial charge in [-0.1, -0.05) is 0 Å². The highest BCUT2D eigenvalue weighted by Gasteiger charge is 2.50. The number of carbonyl (C=O) groups is 2. The summed E-state index contributed by atoms with van der Waals surface area (Å²) >= 11 is 0. The van der Waals surface area contributed by atoms with E-state index in [4.69, 9.17) is 14.3 Å². The second-order valence-electron chi connectivity index (χ2n) is 9.47. The Morgan fingerprint density at radius 2 is 1.91 bits per heavy atom. The number of hydrogen-bond acceptors (Lipinski definition) is 8. The fourth-order valence-corrected chi connectivity index (χ4v) is 4.33. The SMILES string of the molecule is CC(C)(C)OC(=O)N1C2CC1CN(c1nc3c(OC(F)(F)C(=O)O)ccc(-n4cccn4)c3o1)C2. The van der Waals surface area contributed by atoms with Crippen LogP contribution in [0.15, 0.2) is 35.0 Å². The highest BCUT2D eigenvalue weighted by atomic mass is 19.3. The van der Waals surface area contributed by atoms with E-state index in [-0.39, 0.29) is 35.3 Å². The Morgan fingerprint density at radius 1 is 1.20 bits per heavy atom. The van der Waals surface area contributed by atoms with E-state index in [0.29, 0.717) is 18.8 Å². The maximum atomic E-state index is 13.8. The number of carboxylic acid groups (broad SMARTS) is 1. The fraction of sp³-hybridized carbons (Fsp3) is 0.455. The molecule has 3 aliphatic rings. The van der Waals surface area contributed by atoms with Gasteiger partial charge in [-0.15, -0.1) is 0 Å². The van der Waals surface area contributed by atoms with Gasteiger partial charge < -0.3 is 23.9 Å². The molecule has 1 aromatic carbocycles. The van der Waals surface area contributed by atoms with Crippen LogP contribution in [0.3, 0.4) is 0 Å². The van der Waals surface area contributed by atoms with Crippen molar-refractivity contribution in [3.05, 3.63) is 30.6 Å². The first-order valence-electron chi connectivity index (χ1n) is 10.9. The number of oxazole rings is 1. The Morgan fingerprint density at radius 3 is 2.51 bits per heavy atom. The van der Waals surface area contributed by atoms with Crippen molar-refractivity contribution in [2.75, 3.05) is 18.0 Å². The normalized spacial score (nSPS) is 20.0. The van der Waals surface area contributed by atoms with Gasteiger partial charge >= 0.3 is 18.2 Å². The van der Waals surface area contributed by atoms with Gasteiger partial charge in [-0.2, -0.15) is 18.9 Å². The third-order valence-corrected chi connectivity index (χ3v) is 5.78. The zero-order valence-electron chi connectivity index (χ0n) is 19.1. The number of fused-ring (bicyclic) bond motifs is 3. The lowest BCUT2D eigenvalue weighted by molar-refractivity contribution is -0.210. The second-order valence-corrected chi connectivity index (χ2v) is 9.47. The zero-order chi connectivity index (χ0) is 25.1. The molecule has 1 amide bonds. The van der Waals surface area contributed by atoms with Gasteiger partial charge in [0.25, 0.3) is 6.01 Å². The van der Waals surface area contributed by atoms with Crippen LogP contribution in [-0.4, -0.2) is 73.7 Å². The number of carboxylic acids is 1. The number of rotatable bonds is 5. The summed E-state index contributed by atoms with van der Waals surface area (Å²) in [6, 6.07) is 4.21. The monoisotopic (exact) mass is 491 g/mol. The van der Waals surface area contributed by atoms with Crippen molar-refractivity contribution in [3.8, 4) is 11.4 Å². The smallest absolute Gasteiger partial charge is 0.474 e. The van der Waals surface area contributed by atoms with Gasteiger partial charge in [0.2, 0.25) is 0 Å². The van der Waals surface area contributed by atoms with E-state index in [0.717, 1.165) is 6.42 Å². The van der Waals surface area contributed by atoms with Crippen LogP contribution in [0.2, 0.25) is 0 Å². The average Bonchev–Trinajstić information content (AvgIpc) is 3.43. The standard InChI is InChI=1S/C22H23F2N5O6/c1-21(2,3)35-20(32)29-12-9-13(29)11-27(10-12)19-26-16-15(34-22(23,24)18(30)31)6-5-14(17(16)33-19)28-8-4-7-25-28/h4-8,12-13H,9-11H2,1-3H3,(H,30,31). The van der Waals surface area contributed by atoms with Gasteiger partial charge in [0.1, 0.15) is 11.3 Å². The van der Waals surface area contributed by atoms with E-state index < -0.39 is 23.4 Å². The lowest BCUT2D eigenvalue weighted by Gasteiger charge is -2.55. The van der Waals surface area contributed by atoms with Crippen molar-refractivity contribution in [2.45, 2.75) is 51.0 Å². The van der Waals surface area contributed by atoms with E-state index in [1.807, 2.05) is 4.90 Å². The molecule has 13 heteroatoms. The molecule has 0 aliphatic carbocycles. The third-order valence-electron chi connectivity index (χ3n) is 5.78. The molecule has 2 unspecified atom stereocenters. The van der Waals surface area contributed by atoms with Crippen molar-refractivity contribution < 1.29 is 37.4 Å². The molecule has 3 aliphatic heterocycles. The molecule has 5 heterocycles. The number of amides is 1. The number of halogens is 2. The number of aromatic nitrogens is 3. The van der Waals surface area contributed by atoms with Crippen LogP contribution in [0.1, 0.15) is 27.2 Å². The Kier molecular flexibility index (Phi) is 5.11. The van der Waals surface area contributed by atoms with E-state index in [1.54, 1.807) is 37.9 Å². The molecule has 0 saturated carbocycles. The molecule has 3 fully saturated rings. The third kappa shape index (κ3) is 4.10. The molecule has 35 heavy (non-hydrogen) atoms. The highest BCUT2D eigenvalue weighted by molar-refractivity contribution is 5.89. The topological polar surface area (TPSA) is 123 Å². The first-order chi connectivity index (χ1) is 16.4. The van der Waals surface area contributed by atoms with Crippen LogP contribution in [0.25, 0.3) is 16.8 Å². The summed E-state index contributed by atoms with van der Waals surface area (Å²) in [5.41, 5.74) is -0.173. The first kappa shape index (κ1) is 22.9. The van der Waals surface area contributed by atoms with Crippen molar-refractivity contribution in [1.82, 2.24) is 19.7 Å². The van der Waals surface area contributed by atoms with Crippen LogP contribution in [0.5, 0.6) is 5.75 Å². The molecular formula is C22H23F2N5O6. The van der Waals surface area contributed by atoms with Crippen molar-refractivity contribution in [1.29, 1.82) is 0 Å². The number of hydrogen-bond donors (Lipinski definition) is 1. The molecule has 1 N–H and O–H groups in total. The van der Waals surface area contributed by atoms with Gasteiger partial charge in [-0.05, 0) is 45.4 Å². The second kappa shape index (κ2) is 7.82. The molecule has 11 nitrogen and oxygen atoms in total. The summed E-state index contributed by atoms with van der Waals surface area (Å²) in [6.07, 6.45) is -0.870. The van der Waals surface area contributed by atoms with Crippen molar-refractivity contribution in [2.24, 2.45) is 0 Å². The number of anilines is 1. The molecular weight excluding hydrogens is 468 g/mol. The number of aliphatic carboxylic acids is 1. The summed E-state index contributed by atoms with van der Waals surface area (Å²) in [4.78, 5) is 31.3. The quantitative estimate of drug-likeness (QED) is 0.573. The Bertz CT molecular complexity index is 1270. The Labute approximate surface area is 197 Å². The summed E-state index contributed by atoms with van der Waals surface area (Å²) < 4.78 is 45.1. The molecule has 0 radical (unpaired) electrons. The molecule has 3 aromatic rings. The minimum absolute atomic E-state index is 0.0721. The van der Waals surface area contributed by atoms with Crippen molar-refractivity contribution in [3.63, 3.8) is 0 Å². The molecule has 2 bridgehead atoms.